The number of para-hydroxylation sites is 3. The first-order chi connectivity index (χ1) is 19.3. The van der Waals surface area contributed by atoms with E-state index >= 15 is 0 Å². The summed E-state index contributed by atoms with van der Waals surface area (Å²) in [4.78, 5) is 13.6. The number of pyridine rings is 2. The highest BCUT2D eigenvalue weighted by Gasteiger charge is 2.20. The molecule has 0 bridgehead atoms. The van der Waals surface area contributed by atoms with E-state index in [9.17, 15) is 0 Å². The number of benzene rings is 4. The van der Waals surface area contributed by atoms with Crippen LogP contribution in [0.3, 0.4) is 0 Å². The molecule has 182 valence electrons. The van der Waals surface area contributed by atoms with Crippen molar-refractivity contribution in [2.45, 2.75) is 0 Å². The largest absolute Gasteiger partial charge is 0.355 e. The van der Waals surface area contributed by atoms with E-state index in [1.165, 1.54) is 10.8 Å². The van der Waals surface area contributed by atoms with Crippen molar-refractivity contribution in [3.8, 4) is 11.4 Å². The van der Waals surface area contributed by atoms with Crippen LogP contribution in [0.2, 0.25) is 0 Å². The standard InChI is InChI=1S/C34H21N5/c1-2-9-21(10-3-1)38-29-15-8-18-35-33(29)34-31(38)20-30-32(37-34)24-12-5-7-14-28(24)39(30)22-16-17-27-25(19-22)23-11-4-6-13-26(23)36-27/h1-20,36H. The van der Waals surface area contributed by atoms with Crippen molar-refractivity contribution in [1.82, 2.24) is 24.1 Å². The molecular formula is C34H21N5. The molecule has 9 aromatic rings. The number of hydrogen-bond donors (Lipinski definition) is 1. The second-order valence-electron chi connectivity index (χ2n) is 10.0. The SMILES string of the molecule is c1ccc(-n2c3cccnc3c3nc4c5ccccc5n(-c5ccc6[nH]c7ccccc7c6c5)c4cc32)cc1. The molecule has 0 aliphatic rings. The molecule has 0 amide bonds. The molecule has 4 aromatic carbocycles. The van der Waals surface area contributed by atoms with Crippen LogP contribution >= 0.6 is 0 Å². The van der Waals surface area contributed by atoms with E-state index in [0.717, 1.165) is 66.4 Å². The third kappa shape index (κ3) is 2.79. The maximum absolute atomic E-state index is 5.32. The molecule has 0 aliphatic heterocycles. The van der Waals surface area contributed by atoms with E-state index < -0.39 is 0 Å². The Balaban J connectivity index is 1.44. The van der Waals surface area contributed by atoms with Gasteiger partial charge in [-0.2, -0.15) is 0 Å². The van der Waals surface area contributed by atoms with Gasteiger partial charge in [-0.25, -0.2) is 4.98 Å². The summed E-state index contributed by atoms with van der Waals surface area (Å²) in [6.07, 6.45) is 1.85. The molecule has 39 heavy (non-hydrogen) atoms. The first-order valence-electron chi connectivity index (χ1n) is 13.1. The summed E-state index contributed by atoms with van der Waals surface area (Å²) in [7, 11) is 0. The van der Waals surface area contributed by atoms with Gasteiger partial charge in [0.25, 0.3) is 0 Å². The highest BCUT2D eigenvalue weighted by atomic mass is 15.0. The van der Waals surface area contributed by atoms with E-state index in [0.29, 0.717) is 0 Å². The average Bonchev–Trinajstić information content (AvgIpc) is 3.63. The minimum Gasteiger partial charge on any atom is -0.355 e. The Morgan fingerprint density at radius 1 is 0.462 bits per heavy atom. The van der Waals surface area contributed by atoms with Crippen LogP contribution < -0.4 is 0 Å². The van der Waals surface area contributed by atoms with Crippen LogP contribution in [0.25, 0.3) is 77.2 Å². The molecule has 0 spiro atoms. The van der Waals surface area contributed by atoms with Gasteiger partial charge in [-0.1, -0.05) is 54.6 Å². The lowest BCUT2D eigenvalue weighted by atomic mass is 10.1. The Morgan fingerprint density at radius 2 is 1.18 bits per heavy atom. The molecule has 0 fully saturated rings. The topological polar surface area (TPSA) is 51.4 Å². The van der Waals surface area contributed by atoms with E-state index in [1.54, 1.807) is 0 Å². The smallest absolute Gasteiger partial charge is 0.116 e. The molecule has 0 radical (unpaired) electrons. The first kappa shape index (κ1) is 20.6. The van der Waals surface area contributed by atoms with Gasteiger partial charge < -0.3 is 14.1 Å². The monoisotopic (exact) mass is 499 g/mol. The third-order valence-electron chi connectivity index (χ3n) is 7.88. The fraction of sp³-hybridized carbons (Fsp3) is 0. The number of nitrogens with zero attached hydrogens (tertiary/aromatic N) is 4. The molecule has 0 unspecified atom stereocenters. The van der Waals surface area contributed by atoms with Crippen LogP contribution in [-0.4, -0.2) is 24.1 Å². The predicted molar refractivity (Wildman–Crippen MR) is 160 cm³/mol. The Morgan fingerprint density at radius 3 is 2.10 bits per heavy atom. The van der Waals surface area contributed by atoms with E-state index in [-0.39, 0.29) is 0 Å². The molecule has 0 saturated heterocycles. The summed E-state index contributed by atoms with van der Waals surface area (Å²) < 4.78 is 4.62. The lowest BCUT2D eigenvalue weighted by Gasteiger charge is -2.10. The van der Waals surface area contributed by atoms with Gasteiger partial charge in [-0.05, 0) is 60.7 Å². The summed E-state index contributed by atoms with van der Waals surface area (Å²) in [5, 5.41) is 3.57. The number of fused-ring (bicyclic) bond motifs is 9. The molecule has 0 saturated carbocycles. The lowest BCUT2D eigenvalue weighted by molar-refractivity contribution is 1.16. The zero-order chi connectivity index (χ0) is 25.5. The molecule has 5 heterocycles. The molecule has 5 nitrogen and oxygen atoms in total. The van der Waals surface area contributed by atoms with E-state index in [1.807, 2.05) is 18.3 Å². The fourth-order valence-electron chi connectivity index (χ4n) is 6.20. The molecule has 5 heteroatoms. The zero-order valence-electron chi connectivity index (χ0n) is 20.8. The van der Waals surface area contributed by atoms with Crippen molar-refractivity contribution >= 4 is 65.8 Å². The fourth-order valence-corrected chi connectivity index (χ4v) is 6.20. The van der Waals surface area contributed by atoms with Crippen molar-refractivity contribution in [2.75, 3.05) is 0 Å². The number of aromatic nitrogens is 5. The maximum Gasteiger partial charge on any atom is 0.116 e. The summed E-state index contributed by atoms with van der Waals surface area (Å²) in [5.41, 5.74) is 11.6. The normalized spacial score (nSPS) is 12.1. The third-order valence-corrected chi connectivity index (χ3v) is 7.88. The number of nitrogens with one attached hydrogen (secondary N) is 1. The van der Waals surface area contributed by atoms with Gasteiger partial charge >= 0.3 is 0 Å². The highest BCUT2D eigenvalue weighted by Crippen LogP contribution is 2.38. The number of rotatable bonds is 2. The van der Waals surface area contributed by atoms with Crippen molar-refractivity contribution in [1.29, 1.82) is 0 Å². The molecule has 5 aromatic heterocycles. The zero-order valence-corrected chi connectivity index (χ0v) is 20.8. The number of hydrogen-bond acceptors (Lipinski definition) is 2. The quantitative estimate of drug-likeness (QED) is 0.260. The highest BCUT2D eigenvalue weighted by molar-refractivity contribution is 6.15. The van der Waals surface area contributed by atoms with Crippen LogP contribution in [0.1, 0.15) is 0 Å². The minimum atomic E-state index is 0.912. The Hall–Kier alpha value is -5.42. The second kappa shape index (κ2) is 7.55. The first-order valence-corrected chi connectivity index (χ1v) is 13.1. The van der Waals surface area contributed by atoms with Crippen molar-refractivity contribution in [2.24, 2.45) is 0 Å². The van der Waals surface area contributed by atoms with Gasteiger partial charge in [0.2, 0.25) is 0 Å². The van der Waals surface area contributed by atoms with Crippen molar-refractivity contribution in [3.63, 3.8) is 0 Å². The van der Waals surface area contributed by atoms with Crippen LogP contribution in [0.4, 0.5) is 0 Å². The molecular weight excluding hydrogens is 478 g/mol. The van der Waals surface area contributed by atoms with Gasteiger partial charge in [0.15, 0.2) is 0 Å². The number of H-pyrrole nitrogens is 1. The molecule has 0 aliphatic carbocycles. The Kier molecular flexibility index (Phi) is 3.99. The lowest BCUT2D eigenvalue weighted by Crippen LogP contribution is -1.96. The van der Waals surface area contributed by atoms with Crippen LogP contribution in [0, 0.1) is 0 Å². The molecule has 9 rings (SSSR count). The minimum absolute atomic E-state index is 0.912. The van der Waals surface area contributed by atoms with Crippen molar-refractivity contribution < 1.29 is 0 Å². The number of aromatic amines is 1. The van der Waals surface area contributed by atoms with Crippen LogP contribution in [0.5, 0.6) is 0 Å². The Labute approximate surface area is 222 Å². The van der Waals surface area contributed by atoms with E-state index in [2.05, 4.69) is 117 Å². The van der Waals surface area contributed by atoms with E-state index in [4.69, 9.17) is 9.97 Å². The average molecular weight is 500 g/mol. The summed E-state index contributed by atoms with van der Waals surface area (Å²) in [6, 6.07) is 40.6. The van der Waals surface area contributed by atoms with Crippen LogP contribution in [0.15, 0.2) is 121 Å². The maximum atomic E-state index is 5.32. The second-order valence-corrected chi connectivity index (χ2v) is 10.0. The summed E-state index contributed by atoms with van der Waals surface area (Å²) in [6.45, 7) is 0. The van der Waals surface area contributed by atoms with Crippen molar-refractivity contribution in [3.05, 3.63) is 121 Å². The van der Waals surface area contributed by atoms with Gasteiger partial charge in [-0.15, -0.1) is 0 Å². The Bertz CT molecular complexity index is 2390. The van der Waals surface area contributed by atoms with Gasteiger partial charge in [0.1, 0.15) is 11.0 Å². The van der Waals surface area contributed by atoms with Gasteiger partial charge in [-0.3, -0.25) is 4.98 Å². The van der Waals surface area contributed by atoms with Crippen LogP contribution in [-0.2, 0) is 0 Å². The molecule has 0 atom stereocenters. The predicted octanol–water partition coefficient (Wildman–Crippen LogP) is 8.31. The summed E-state index contributed by atoms with van der Waals surface area (Å²) in [5.74, 6) is 0. The van der Waals surface area contributed by atoms with Gasteiger partial charge in [0.05, 0.1) is 27.6 Å². The van der Waals surface area contributed by atoms with Gasteiger partial charge in [0, 0.05) is 44.8 Å². The summed E-state index contributed by atoms with van der Waals surface area (Å²) >= 11 is 0. The molecule has 1 N–H and O–H groups in total.